The number of benzene rings is 2. The lowest BCUT2D eigenvalue weighted by Crippen LogP contribution is -1.96. The molecule has 0 bridgehead atoms. The number of rotatable bonds is 1. The SMILES string of the molecule is Cn1ncc2cc(N)c(-c3cccc(F)c3F)cc21. The van der Waals surface area contributed by atoms with Crippen LogP contribution in [0, 0.1) is 11.6 Å². The Balaban J connectivity index is 2.32. The molecular weight excluding hydrogens is 248 g/mol. The predicted octanol–water partition coefficient (Wildman–Crippen LogP) is 3.10. The van der Waals surface area contributed by atoms with Crippen molar-refractivity contribution >= 4 is 16.6 Å². The molecule has 0 unspecified atom stereocenters. The van der Waals surface area contributed by atoms with Crippen molar-refractivity contribution in [2.45, 2.75) is 0 Å². The van der Waals surface area contributed by atoms with Crippen molar-refractivity contribution < 1.29 is 8.78 Å². The fraction of sp³-hybridized carbons (Fsp3) is 0.0714. The van der Waals surface area contributed by atoms with E-state index in [1.165, 1.54) is 12.1 Å². The first-order chi connectivity index (χ1) is 9.08. The van der Waals surface area contributed by atoms with Gasteiger partial charge >= 0.3 is 0 Å². The van der Waals surface area contributed by atoms with Crippen molar-refractivity contribution in [3.05, 3.63) is 48.2 Å². The van der Waals surface area contributed by atoms with Crippen LogP contribution in [-0.2, 0) is 7.05 Å². The fourth-order valence-corrected chi connectivity index (χ4v) is 2.16. The molecule has 2 aromatic carbocycles. The molecule has 0 saturated heterocycles. The summed E-state index contributed by atoms with van der Waals surface area (Å²) in [6.45, 7) is 0. The van der Waals surface area contributed by atoms with Crippen molar-refractivity contribution in [2.75, 3.05) is 5.73 Å². The van der Waals surface area contributed by atoms with E-state index in [-0.39, 0.29) is 5.56 Å². The van der Waals surface area contributed by atoms with Crippen molar-refractivity contribution in [1.82, 2.24) is 9.78 Å². The van der Waals surface area contributed by atoms with Gasteiger partial charge in [-0.1, -0.05) is 12.1 Å². The Hall–Kier alpha value is -2.43. The molecule has 0 aliphatic rings. The molecule has 3 rings (SSSR count). The average Bonchev–Trinajstić information content (AvgIpc) is 2.73. The van der Waals surface area contributed by atoms with E-state index in [1.807, 2.05) is 0 Å². The van der Waals surface area contributed by atoms with Crippen molar-refractivity contribution in [2.24, 2.45) is 7.05 Å². The molecule has 2 N–H and O–H groups in total. The predicted molar refractivity (Wildman–Crippen MR) is 70.5 cm³/mol. The first-order valence-corrected chi connectivity index (χ1v) is 5.73. The van der Waals surface area contributed by atoms with E-state index in [2.05, 4.69) is 5.10 Å². The number of halogens is 2. The summed E-state index contributed by atoms with van der Waals surface area (Å²) in [7, 11) is 1.78. The molecule has 0 amide bonds. The summed E-state index contributed by atoms with van der Waals surface area (Å²) in [6.07, 6.45) is 1.68. The maximum atomic E-state index is 13.8. The minimum Gasteiger partial charge on any atom is -0.398 e. The lowest BCUT2D eigenvalue weighted by Gasteiger charge is -2.08. The van der Waals surface area contributed by atoms with E-state index in [0.717, 1.165) is 17.0 Å². The third-order valence-corrected chi connectivity index (χ3v) is 3.16. The lowest BCUT2D eigenvalue weighted by molar-refractivity contribution is 0.511. The smallest absolute Gasteiger partial charge is 0.166 e. The Morgan fingerprint density at radius 3 is 2.74 bits per heavy atom. The molecule has 0 atom stereocenters. The Kier molecular flexibility index (Phi) is 2.48. The van der Waals surface area contributed by atoms with Gasteiger partial charge in [-0.3, -0.25) is 4.68 Å². The van der Waals surface area contributed by atoms with Crippen LogP contribution >= 0.6 is 0 Å². The second kappa shape index (κ2) is 4.05. The maximum Gasteiger partial charge on any atom is 0.166 e. The largest absolute Gasteiger partial charge is 0.398 e. The van der Waals surface area contributed by atoms with Gasteiger partial charge in [0.1, 0.15) is 0 Å². The van der Waals surface area contributed by atoms with Gasteiger partial charge < -0.3 is 5.73 Å². The van der Waals surface area contributed by atoms with Crippen LogP contribution in [0.2, 0.25) is 0 Å². The third kappa shape index (κ3) is 1.74. The number of fused-ring (bicyclic) bond motifs is 1. The van der Waals surface area contributed by atoms with Crippen LogP contribution in [0.1, 0.15) is 0 Å². The van der Waals surface area contributed by atoms with Crippen LogP contribution < -0.4 is 5.73 Å². The molecule has 1 heterocycles. The quantitative estimate of drug-likeness (QED) is 0.682. The summed E-state index contributed by atoms with van der Waals surface area (Å²) in [4.78, 5) is 0. The second-order valence-corrected chi connectivity index (χ2v) is 4.37. The molecule has 0 fully saturated rings. The molecule has 0 saturated carbocycles. The number of hydrogen-bond acceptors (Lipinski definition) is 2. The average molecular weight is 259 g/mol. The van der Waals surface area contributed by atoms with Crippen LogP contribution in [0.5, 0.6) is 0 Å². The van der Waals surface area contributed by atoms with Crippen molar-refractivity contribution in [1.29, 1.82) is 0 Å². The van der Waals surface area contributed by atoms with Gasteiger partial charge in [-0.15, -0.1) is 0 Å². The molecule has 0 spiro atoms. The maximum absolute atomic E-state index is 13.8. The summed E-state index contributed by atoms with van der Waals surface area (Å²) in [6, 6.07) is 7.47. The number of nitrogens with zero attached hydrogens (tertiary/aromatic N) is 2. The first-order valence-electron chi connectivity index (χ1n) is 5.73. The third-order valence-electron chi connectivity index (χ3n) is 3.16. The number of hydrogen-bond donors (Lipinski definition) is 1. The Bertz CT molecular complexity index is 778. The minimum atomic E-state index is -0.893. The molecular formula is C14H11F2N3. The molecule has 96 valence electrons. The molecule has 0 aliphatic heterocycles. The summed E-state index contributed by atoms with van der Waals surface area (Å²) >= 11 is 0. The van der Waals surface area contributed by atoms with Gasteiger partial charge in [-0.05, 0) is 18.2 Å². The van der Waals surface area contributed by atoms with E-state index < -0.39 is 11.6 Å². The van der Waals surface area contributed by atoms with E-state index >= 15 is 0 Å². The van der Waals surface area contributed by atoms with E-state index in [4.69, 9.17) is 5.73 Å². The highest BCUT2D eigenvalue weighted by Crippen LogP contribution is 2.32. The van der Waals surface area contributed by atoms with Crippen molar-refractivity contribution in [3.8, 4) is 11.1 Å². The zero-order chi connectivity index (χ0) is 13.6. The van der Waals surface area contributed by atoms with Gasteiger partial charge in [0, 0.05) is 29.2 Å². The van der Waals surface area contributed by atoms with E-state index in [0.29, 0.717) is 11.3 Å². The highest BCUT2D eigenvalue weighted by atomic mass is 19.2. The van der Waals surface area contributed by atoms with Crippen molar-refractivity contribution in [3.63, 3.8) is 0 Å². The Morgan fingerprint density at radius 1 is 1.16 bits per heavy atom. The van der Waals surface area contributed by atoms with Crippen LogP contribution in [0.15, 0.2) is 36.5 Å². The zero-order valence-electron chi connectivity index (χ0n) is 10.2. The van der Waals surface area contributed by atoms with E-state index in [9.17, 15) is 8.78 Å². The Morgan fingerprint density at radius 2 is 1.95 bits per heavy atom. The molecule has 0 aliphatic carbocycles. The van der Waals surface area contributed by atoms with Gasteiger partial charge in [-0.25, -0.2) is 8.78 Å². The van der Waals surface area contributed by atoms with Gasteiger partial charge in [-0.2, -0.15) is 5.10 Å². The molecule has 1 aromatic heterocycles. The van der Waals surface area contributed by atoms with Gasteiger partial charge in [0.2, 0.25) is 0 Å². The zero-order valence-corrected chi connectivity index (χ0v) is 10.2. The number of aryl methyl sites for hydroxylation is 1. The topological polar surface area (TPSA) is 43.8 Å². The molecule has 3 aromatic rings. The van der Waals surface area contributed by atoms with Gasteiger partial charge in [0.25, 0.3) is 0 Å². The molecule has 0 radical (unpaired) electrons. The summed E-state index contributed by atoms with van der Waals surface area (Å²) in [5.74, 6) is -1.78. The monoisotopic (exact) mass is 259 g/mol. The first kappa shape index (κ1) is 11.6. The lowest BCUT2D eigenvalue weighted by atomic mass is 10.0. The minimum absolute atomic E-state index is 0.153. The van der Waals surface area contributed by atoms with E-state index in [1.54, 1.807) is 30.1 Å². The standard InChI is InChI=1S/C14H11F2N3/c1-19-13-6-10(12(17)5-8(13)7-18-19)9-3-2-4-11(15)14(9)16/h2-7H,17H2,1H3. The summed E-state index contributed by atoms with van der Waals surface area (Å²) in [5.41, 5.74) is 7.75. The van der Waals surface area contributed by atoms with Gasteiger partial charge in [0.05, 0.1) is 11.7 Å². The molecule has 19 heavy (non-hydrogen) atoms. The summed E-state index contributed by atoms with van der Waals surface area (Å²) < 4.78 is 28.8. The fourth-order valence-electron chi connectivity index (χ4n) is 2.16. The van der Waals surface area contributed by atoms with Crippen LogP contribution in [0.4, 0.5) is 14.5 Å². The number of aromatic nitrogens is 2. The summed E-state index contributed by atoms with van der Waals surface area (Å²) in [5, 5.41) is 4.97. The number of nitrogens with two attached hydrogens (primary N) is 1. The molecule has 5 heteroatoms. The Labute approximate surface area is 108 Å². The number of nitrogen functional groups attached to an aromatic ring is 1. The number of anilines is 1. The highest BCUT2D eigenvalue weighted by molar-refractivity contribution is 5.91. The van der Waals surface area contributed by atoms with Crippen LogP contribution in [0.3, 0.4) is 0 Å². The van der Waals surface area contributed by atoms with Gasteiger partial charge in [0.15, 0.2) is 11.6 Å². The second-order valence-electron chi connectivity index (χ2n) is 4.37. The molecule has 3 nitrogen and oxygen atoms in total. The van der Waals surface area contributed by atoms with Crippen LogP contribution in [0.25, 0.3) is 22.0 Å². The highest BCUT2D eigenvalue weighted by Gasteiger charge is 2.14. The normalized spacial score (nSPS) is 11.1. The van der Waals surface area contributed by atoms with Crippen LogP contribution in [-0.4, -0.2) is 9.78 Å².